The van der Waals surface area contributed by atoms with Crippen LogP contribution in [0.4, 0.5) is 5.95 Å². The Kier molecular flexibility index (Phi) is 5.77. The highest BCUT2D eigenvalue weighted by Crippen LogP contribution is 2.29. The molecule has 0 aliphatic carbocycles. The fourth-order valence-corrected chi connectivity index (χ4v) is 3.85. The third-order valence-electron chi connectivity index (χ3n) is 5.08. The Morgan fingerprint density at radius 1 is 0.879 bits per heavy atom. The first-order valence-electron chi connectivity index (χ1n) is 10.1. The molecule has 0 saturated heterocycles. The summed E-state index contributed by atoms with van der Waals surface area (Å²) in [7, 11) is 1.61. The van der Waals surface area contributed by atoms with E-state index in [0.717, 1.165) is 38.8 Å². The van der Waals surface area contributed by atoms with E-state index < -0.39 is 0 Å². The van der Waals surface area contributed by atoms with Gasteiger partial charge in [0.25, 0.3) is 0 Å². The molecule has 0 saturated carbocycles. The van der Waals surface area contributed by atoms with Gasteiger partial charge in [-0.05, 0) is 36.4 Å². The maximum atomic E-state index is 6.36. The van der Waals surface area contributed by atoms with E-state index in [1.165, 1.54) is 0 Å². The summed E-state index contributed by atoms with van der Waals surface area (Å²) in [5, 5.41) is 7.04. The lowest BCUT2D eigenvalue weighted by atomic mass is 10.1. The third-order valence-corrected chi connectivity index (χ3v) is 5.62. The van der Waals surface area contributed by atoms with E-state index in [-0.39, 0.29) is 0 Å². The number of halogens is 2. The maximum Gasteiger partial charge on any atom is 0.244 e. The first-order valence-corrected chi connectivity index (χ1v) is 10.8. The molecule has 0 bridgehead atoms. The number of methoxy groups -OCH3 is 1. The van der Waals surface area contributed by atoms with E-state index in [0.29, 0.717) is 21.7 Å². The summed E-state index contributed by atoms with van der Waals surface area (Å²) in [5.74, 6) is 1.08. The molecular formula is C25H17Cl2N5O. The lowest BCUT2D eigenvalue weighted by Crippen LogP contribution is -2.00. The number of aromatic nitrogens is 3. The van der Waals surface area contributed by atoms with Crippen molar-refractivity contribution < 1.29 is 4.74 Å². The second-order valence-corrected chi connectivity index (χ2v) is 8.01. The zero-order valence-corrected chi connectivity index (χ0v) is 19.0. The number of hydrazone groups is 1. The monoisotopic (exact) mass is 473 g/mol. The quantitative estimate of drug-likeness (QED) is 0.176. The van der Waals surface area contributed by atoms with Gasteiger partial charge in [0.1, 0.15) is 10.9 Å². The Morgan fingerprint density at radius 2 is 1.73 bits per heavy atom. The first kappa shape index (κ1) is 21.1. The molecule has 0 unspecified atom stereocenters. The number of fused-ring (bicyclic) bond motifs is 2. The first-order chi connectivity index (χ1) is 16.1. The van der Waals surface area contributed by atoms with Crippen LogP contribution >= 0.6 is 23.2 Å². The smallest absolute Gasteiger partial charge is 0.244 e. The molecule has 0 spiro atoms. The molecule has 5 rings (SSSR count). The van der Waals surface area contributed by atoms with E-state index in [1.54, 1.807) is 19.4 Å². The van der Waals surface area contributed by atoms with Gasteiger partial charge < -0.3 is 4.74 Å². The highest BCUT2D eigenvalue weighted by molar-refractivity contribution is 6.32. The summed E-state index contributed by atoms with van der Waals surface area (Å²) in [6.07, 6.45) is 1.59. The molecule has 0 atom stereocenters. The van der Waals surface area contributed by atoms with E-state index in [9.17, 15) is 0 Å². The summed E-state index contributed by atoms with van der Waals surface area (Å²) < 4.78 is 5.24. The summed E-state index contributed by atoms with van der Waals surface area (Å²) in [5.41, 5.74) is 6.79. The van der Waals surface area contributed by atoms with E-state index >= 15 is 0 Å². The molecule has 3 aromatic carbocycles. The van der Waals surface area contributed by atoms with E-state index in [2.05, 4.69) is 25.5 Å². The Bertz CT molecular complexity index is 1510. The van der Waals surface area contributed by atoms with E-state index in [1.807, 2.05) is 66.7 Å². The normalized spacial score (nSPS) is 11.4. The van der Waals surface area contributed by atoms with Crippen LogP contribution in [0.2, 0.25) is 10.2 Å². The van der Waals surface area contributed by atoms with Crippen molar-refractivity contribution in [2.24, 2.45) is 5.10 Å². The Hall–Kier alpha value is -3.74. The zero-order chi connectivity index (χ0) is 22.8. The van der Waals surface area contributed by atoms with Crippen LogP contribution in [-0.2, 0) is 0 Å². The third kappa shape index (κ3) is 4.44. The molecule has 33 heavy (non-hydrogen) atoms. The lowest BCUT2D eigenvalue weighted by molar-refractivity contribution is 0.415. The van der Waals surface area contributed by atoms with Crippen LogP contribution in [0, 0.1) is 0 Å². The van der Waals surface area contributed by atoms with Crippen LogP contribution in [0.5, 0.6) is 5.75 Å². The molecule has 8 heteroatoms. The van der Waals surface area contributed by atoms with Crippen molar-refractivity contribution in [3.05, 3.63) is 88.5 Å². The maximum absolute atomic E-state index is 6.36. The number of benzene rings is 3. The minimum absolute atomic E-state index is 0.334. The van der Waals surface area contributed by atoms with Crippen molar-refractivity contribution in [2.75, 3.05) is 12.5 Å². The molecule has 0 aliphatic heterocycles. The number of hydrogen-bond acceptors (Lipinski definition) is 6. The van der Waals surface area contributed by atoms with Gasteiger partial charge in [-0.2, -0.15) is 5.10 Å². The molecule has 6 nitrogen and oxygen atoms in total. The molecule has 1 N–H and O–H groups in total. The Labute approximate surface area is 199 Å². The second kappa shape index (κ2) is 9.02. The van der Waals surface area contributed by atoms with Gasteiger partial charge in [-0.1, -0.05) is 53.5 Å². The number of nitrogens with one attached hydrogen (secondary N) is 1. The topological polar surface area (TPSA) is 72.3 Å². The van der Waals surface area contributed by atoms with E-state index in [4.69, 9.17) is 27.9 Å². The van der Waals surface area contributed by atoms with Crippen LogP contribution in [-0.4, -0.2) is 28.3 Å². The highest BCUT2D eigenvalue weighted by Gasteiger charge is 2.10. The summed E-state index contributed by atoms with van der Waals surface area (Å²) >= 11 is 12.6. The van der Waals surface area contributed by atoms with Crippen molar-refractivity contribution in [1.29, 1.82) is 0 Å². The average Bonchev–Trinajstić information content (AvgIpc) is 2.84. The van der Waals surface area contributed by atoms with Crippen LogP contribution in [0.3, 0.4) is 0 Å². The molecule has 2 heterocycles. The summed E-state index contributed by atoms with van der Waals surface area (Å²) in [6.45, 7) is 0. The van der Waals surface area contributed by atoms with Gasteiger partial charge in [0.15, 0.2) is 0 Å². The Balaban J connectivity index is 1.48. The molecule has 0 aliphatic rings. The summed E-state index contributed by atoms with van der Waals surface area (Å²) in [6, 6.07) is 22.9. The standard InChI is InChI=1S/C25H17Cl2N5O/c1-33-19-9-7-16-11-17(24(27)29-22(16)13-19)14-28-32-25-30-21-10-8-18(26)12-20(21)23(31-25)15-5-3-2-4-6-15/h2-14H,1H3,(H,30,31,32). The fraction of sp³-hybridized carbons (Fsp3) is 0.0400. The van der Waals surface area contributed by atoms with Crippen LogP contribution in [0.15, 0.2) is 77.9 Å². The van der Waals surface area contributed by atoms with Gasteiger partial charge in [-0.15, -0.1) is 0 Å². The lowest BCUT2D eigenvalue weighted by Gasteiger charge is -2.09. The Morgan fingerprint density at radius 3 is 2.55 bits per heavy atom. The van der Waals surface area contributed by atoms with Crippen molar-refractivity contribution in [3.8, 4) is 17.0 Å². The van der Waals surface area contributed by atoms with Gasteiger partial charge in [0, 0.05) is 33.0 Å². The SMILES string of the molecule is COc1ccc2cc(C=NNc3nc(-c4ccccc4)c4cc(Cl)ccc4n3)c(Cl)nc2c1. The largest absolute Gasteiger partial charge is 0.497 e. The molecule has 0 amide bonds. The minimum atomic E-state index is 0.334. The second-order valence-electron chi connectivity index (χ2n) is 7.22. The van der Waals surface area contributed by atoms with Gasteiger partial charge in [0.05, 0.1) is 30.1 Å². The van der Waals surface area contributed by atoms with Gasteiger partial charge in [-0.3, -0.25) is 0 Å². The van der Waals surface area contributed by atoms with Crippen LogP contribution in [0.1, 0.15) is 5.56 Å². The molecule has 162 valence electrons. The van der Waals surface area contributed by atoms with Crippen molar-refractivity contribution >= 4 is 57.2 Å². The highest BCUT2D eigenvalue weighted by atomic mass is 35.5. The van der Waals surface area contributed by atoms with Gasteiger partial charge in [-0.25, -0.2) is 20.4 Å². The molecule has 0 fully saturated rings. The molecule has 5 aromatic rings. The fourth-order valence-electron chi connectivity index (χ4n) is 3.48. The molecule has 2 aromatic heterocycles. The molecule has 0 radical (unpaired) electrons. The predicted octanol–water partition coefficient (Wildman–Crippen LogP) is 6.61. The van der Waals surface area contributed by atoms with Gasteiger partial charge in [0.2, 0.25) is 5.95 Å². The van der Waals surface area contributed by atoms with Crippen LogP contribution in [0.25, 0.3) is 33.1 Å². The number of rotatable bonds is 5. The molecular weight excluding hydrogens is 457 g/mol. The van der Waals surface area contributed by atoms with Crippen LogP contribution < -0.4 is 10.2 Å². The zero-order valence-electron chi connectivity index (χ0n) is 17.5. The number of anilines is 1. The van der Waals surface area contributed by atoms with Gasteiger partial charge >= 0.3 is 0 Å². The number of hydrogen-bond donors (Lipinski definition) is 1. The predicted molar refractivity (Wildman–Crippen MR) is 135 cm³/mol. The van der Waals surface area contributed by atoms with Crippen molar-refractivity contribution in [3.63, 3.8) is 0 Å². The number of ether oxygens (including phenoxy) is 1. The number of pyridine rings is 1. The number of nitrogens with zero attached hydrogens (tertiary/aromatic N) is 4. The minimum Gasteiger partial charge on any atom is -0.497 e. The van der Waals surface area contributed by atoms with Crippen molar-refractivity contribution in [1.82, 2.24) is 15.0 Å². The van der Waals surface area contributed by atoms with Crippen molar-refractivity contribution in [2.45, 2.75) is 0 Å². The average molecular weight is 474 g/mol. The summed E-state index contributed by atoms with van der Waals surface area (Å²) in [4.78, 5) is 13.7.